The summed E-state index contributed by atoms with van der Waals surface area (Å²) in [6.45, 7) is 1.48. The molecule has 0 saturated heterocycles. The van der Waals surface area contributed by atoms with Crippen LogP contribution in [-0.4, -0.2) is 21.2 Å². The van der Waals surface area contributed by atoms with E-state index in [1.807, 2.05) is 0 Å². The van der Waals surface area contributed by atoms with Crippen LogP contribution in [-0.2, 0) is 0 Å². The van der Waals surface area contributed by atoms with Crippen LogP contribution in [0.25, 0.3) is 10.9 Å². The van der Waals surface area contributed by atoms with Gasteiger partial charge in [0.2, 0.25) is 0 Å². The van der Waals surface area contributed by atoms with E-state index in [0.29, 0.717) is 11.1 Å². The summed E-state index contributed by atoms with van der Waals surface area (Å²) in [6, 6.07) is 2.97. The van der Waals surface area contributed by atoms with Crippen molar-refractivity contribution < 1.29 is 15.0 Å². The summed E-state index contributed by atoms with van der Waals surface area (Å²) in [7, 11) is 0. The highest BCUT2D eigenvalue weighted by Crippen LogP contribution is 2.33. The Morgan fingerprint density at radius 3 is 2.59 bits per heavy atom. The lowest BCUT2D eigenvalue weighted by atomic mass is 10.1. The number of aromatic hydroxyl groups is 1. The maximum atomic E-state index is 11.0. The van der Waals surface area contributed by atoms with Gasteiger partial charge in [0.05, 0.1) is 11.2 Å². The highest BCUT2D eigenvalue weighted by atomic mass is 16.4. The minimum atomic E-state index is -1.21. The molecule has 0 unspecified atom stereocenters. The zero-order chi connectivity index (χ0) is 12.7. The van der Waals surface area contributed by atoms with Gasteiger partial charge in [-0.15, -0.1) is 0 Å². The van der Waals surface area contributed by atoms with Crippen LogP contribution < -0.4 is 11.5 Å². The second-order valence-corrected chi connectivity index (χ2v) is 3.75. The van der Waals surface area contributed by atoms with Crippen LogP contribution in [0.2, 0.25) is 0 Å². The Bertz CT molecular complexity index is 638. The van der Waals surface area contributed by atoms with Gasteiger partial charge in [-0.1, -0.05) is 0 Å². The molecule has 17 heavy (non-hydrogen) atoms. The number of rotatable bonds is 1. The maximum absolute atomic E-state index is 11.0. The van der Waals surface area contributed by atoms with Gasteiger partial charge in [0.15, 0.2) is 5.69 Å². The van der Waals surface area contributed by atoms with Crippen LogP contribution >= 0.6 is 0 Å². The monoisotopic (exact) mass is 233 g/mol. The molecule has 1 aromatic heterocycles. The summed E-state index contributed by atoms with van der Waals surface area (Å²) >= 11 is 0. The molecular weight excluding hydrogens is 222 g/mol. The van der Waals surface area contributed by atoms with Crippen LogP contribution in [0, 0.1) is 6.92 Å². The van der Waals surface area contributed by atoms with Crippen LogP contribution in [0.3, 0.4) is 0 Å². The molecule has 2 rings (SSSR count). The largest absolute Gasteiger partial charge is 0.507 e. The molecule has 88 valence electrons. The average Bonchev–Trinajstić information content (AvgIpc) is 2.23. The molecule has 6 heteroatoms. The first kappa shape index (κ1) is 11.0. The normalized spacial score (nSPS) is 10.6. The highest BCUT2D eigenvalue weighted by Gasteiger charge is 2.17. The van der Waals surface area contributed by atoms with Crippen molar-refractivity contribution in [1.82, 2.24) is 4.98 Å². The molecule has 0 fully saturated rings. The molecule has 0 spiro atoms. The van der Waals surface area contributed by atoms with E-state index in [9.17, 15) is 9.90 Å². The highest BCUT2D eigenvalue weighted by molar-refractivity contribution is 6.01. The fourth-order valence-corrected chi connectivity index (χ4v) is 1.70. The Labute approximate surface area is 96.5 Å². The number of hydrogen-bond acceptors (Lipinski definition) is 5. The SMILES string of the molecule is Cc1c(C(=O)O)nc2c(N)cc(N)cc2c1O. The number of carbonyl (C=O) groups is 1. The van der Waals surface area contributed by atoms with Crippen molar-refractivity contribution in [1.29, 1.82) is 0 Å². The molecule has 0 aliphatic carbocycles. The summed E-state index contributed by atoms with van der Waals surface area (Å²) in [5, 5.41) is 19.2. The van der Waals surface area contributed by atoms with Crippen molar-refractivity contribution in [2.45, 2.75) is 6.92 Å². The lowest BCUT2D eigenvalue weighted by molar-refractivity contribution is 0.0689. The summed E-state index contributed by atoms with van der Waals surface area (Å²) in [6.07, 6.45) is 0. The van der Waals surface area contributed by atoms with Crippen molar-refractivity contribution in [3.8, 4) is 5.75 Å². The first-order valence-corrected chi connectivity index (χ1v) is 4.83. The quantitative estimate of drug-likeness (QED) is 0.547. The Morgan fingerprint density at radius 1 is 1.35 bits per heavy atom. The summed E-state index contributed by atoms with van der Waals surface area (Å²) in [5.74, 6) is -1.37. The number of nitrogens with zero attached hydrogens (tertiary/aromatic N) is 1. The first-order valence-electron chi connectivity index (χ1n) is 4.83. The van der Waals surface area contributed by atoms with Gasteiger partial charge in [0.25, 0.3) is 0 Å². The minimum absolute atomic E-state index is 0.161. The predicted molar refractivity (Wildman–Crippen MR) is 63.9 cm³/mol. The fraction of sp³-hybridized carbons (Fsp3) is 0.0909. The van der Waals surface area contributed by atoms with Gasteiger partial charge >= 0.3 is 5.97 Å². The van der Waals surface area contributed by atoms with E-state index in [4.69, 9.17) is 16.6 Å². The average molecular weight is 233 g/mol. The van der Waals surface area contributed by atoms with Gasteiger partial charge in [-0.2, -0.15) is 0 Å². The number of pyridine rings is 1. The van der Waals surface area contributed by atoms with E-state index in [0.717, 1.165) is 0 Å². The second-order valence-electron chi connectivity index (χ2n) is 3.75. The molecule has 0 bridgehead atoms. The third-order valence-corrected chi connectivity index (χ3v) is 2.55. The van der Waals surface area contributed by atoms with Gasteiger partial charge in [-0.25, -0.2) is 9.78 Å². The van der Waals surface area contributed by atoms with E-state index in [-0.39, 0.29) is 28.2 Å². The number of nitrogen functional groups attached to an aromatic ring is 2. The van der Waals surface area contributed by atoms with Crippen molar-refractivity contribution in [2.24, 2.45) is 0 Å². The lowest BCUT2D eigenvalue weighted by Gasteiger charge is -2.09. The van der Waals surface area contributed by atoms with Crippen LogP contribution in [0.1, 0.15) is 16.1 Å². The van der Waals surface area contributed by atoms with Gasteiger partial charge in [-0.3, -0.25) is 0 Å². The molecule has 0 amide bonds. The number of aromatic carboxylic acids is 1. The van der Waals surface area contributed by atoms with Gasteiger partial charge in [0, 0.05) is 16.6 Å². The Kier molecular flexibility index (Phi) is 2.27. The zero-order valence-electron chi connectivity index (χ0n) is 9.06. The van der Waals surface area contributed by atoms with Crippen molar-refractivity contribution >= 4 is 28.2 Å². The smallest absolute Gasteiger partial charge is 0.354 e. The minimum Gasteiger partial charge on any atom is -0.507 e. The molecule has 6 N–H and O–H groups in total. The molecule has 1 heterocycles. The maximum Gasteiger partial charge on any atom is 0.354 e. The van der Waals surface area contributed by atoms with E-state index in [2.05, 4.69) is 4.98 Å². The van der Waals surface area contributed by atoms with E-state index >= 15 is 0 Å². The lowest BCUT2D eigenvalue weighted by Crippen LogP contribution is -2.05. The topological polar surface area (TPSA) is 122 Å². The van der Waals surface area contributed by atoms with Gasteiger partial charge in [-0.05, 0) is 19.1 Å². The summed E-state index contributed by atoms with van der Waals surface area (Å²) in [5.41, 5.74) is 12.1. The van der Waals surface area contributed by atoms with Crippen LogP contribution in [0.5, 0.6) is 5.75 Å². The first-order chi connectivity index (χ1) is 7.91. The Hall–Kier alpha value is -2.50. The van der Waals surface area contributed by atoms with Gasteiger partial charge < -0.3 is 21.7 Å². The molecule has 1 aromatic carbocycles. The number of benzene rings is 1. The zero-order valence-corrected chi connectivity index (χ0v) is 9.06. The number of carboxylic acids is 1. The van der Waals surface area contributed by atoms with Crippen LogP contribution in [0.15, 0.2) is 12.1 Å². The predicted octanol–water partition coefficient (Wildman–Crippen LogP) is 1.11. The third-order valence-electron chi connectivity index (χ3n) is 2.55. The molecule has 0 saturated carbocycles. The van der Waals surface area contributed by atoms with Gasteiger partial charge in [0.1, 0.15) is 5.75 Å². The molecule has 0 aliphatic rings. The molecule has 0 atom stereocenters. The third kappa shape index (κ3) is 1.59. The number of hydrogen-bond donors (Lipinski definition) is 4. The number of aromatic nitrogens is 1. The number of fused-ring (bicyclic) bond motifs is 1. The second kappa shape index (κ2) is 3.51. The summed E-state index contributed by atoms with van der Waals surface area (Å²) in [4.78, 5) is 14.9. The number of nitrogens with two attached hydrogens (primary N) is 2. The van der Waals surface area contributed by atoms with Crippen LogP contribution in [0.4, 0.5) is 11.4 Å². The van der Waals surface area contributed by atoms with Crippen molar-refractivity contribution in [3.05, 3.63) is 23.4 Å². The van der Waals surface area contributed by atoms with Crippen molar-refractivity contribution in [2.75, 3.05) is 11.5 Å². The number of anilines is 2. The molecule has 0 radical (unpaired) electrons. The molecular formula is C11H11N3O3. The summed E-state index contributed by atoms with van der Waals surface area (Å²) < 4.78 is 0. The Morgan fingerprint density at radius 2 is 2.00 bits per heavy atom. The molecule has 6 nitrogen and oxygen atoms in total. The molecule has 0 aliphatic heterocycles. The van der Waals surface area contributed by atoms with E-state index in [1.54, 1.807) is 0 Å². The fourth-order valence-electron chi connectivity index (χ4n) is 1.70. The number of carboxylic acid groups (broad SMARTS) is 1. The van der Waals surface area contributed by atoms with E-state index in [1.165, 1.54) is 19.1 Å². The Balaban J connectivity index is 2.96. The standard InChI is InChI=1S/C11H11N3O3/c1-4-8(11(16)17)14-9-6(10(4)15)2-5(12)3-7(9)13/h2-3H,12-13H2,1H3,(H,14,15)(H,16,17). The van der Waals surface area contributed by atoms with Crippen molar-refractivity contribution in [3.63, 3.8) is 0 Å². The van der Waals surface area contributed by atoms with E-state index < -0.39 is 5.97 Å². The molecule has 2 aromatic rings.